The second-order valence-corrected chi connectivity index (χ2v) is 4.04. The maximum Gasteiger partial charge on any atom is 0.455 e. The van der Waals surface area contributed by atoms with E-state index in [-0.39, 0.29) is 11.1 Å². The van der Waals surface area contributed by atoms with Crippen LogP contribution in [0.5, 0.6) is 0 Å². The molecule has 10 heteroatoms. The summed E-state index contributed by atoms with van der Waals surface area (Å²) in [7, 11) is 0. The zero-order valence-electron chi connectivity index (χ0n) is 10.3. The van der Waals surface area contributed by atoms with Gasteiger partial charge in [0.05, 0.1) is 12.1 Å². The Labute approximate surface area is 115 Å². The van der Waals surface area contributed by atoms with E-state index in [4.69, 9.17) is 11.5 Å². The second kappa shape index (κ2) is 5.54. The molecular weight excluding hydrogens is 301 g/mol. The summed E-state index contributed by atoms with van der Waals surface area (Å²) in [6.45, 7) is -1.82. The molecule has 0 fully saturated rings. The lowest BCUT2D eigenvalue weighted by Crippen LogP contribution is -2.42. The first kappa shape index (κ1) is 16.7. The molecule has 116 valence electrons. The van der Waals surface area contributed by atoms with Crippen molar-refractivity contribution < 1.29 is 31.5 Å². The highest BCUT2D eigenvalue weighted by Gasteiger charge is 2.57. The van der Waals surface area contributed by atoms with Crippen LogP contribution in [0.15, 0.2) is 18.2 Å². The fourth-order valence-electron chi connectivity index (χ4n) is 1.37. The van der Waals surface area contributed by atoms with Gasteiger partial charge in [0.2, 0.25) is 5.91 Å². The van der Waals surface area contributed by atoms with E-state index >= 15 is 0 Å². The number of alkyl halides is 5. The number of hydrogen-bond acceptors (Lipinski definition) is 3. The van der Waals surface area contributed by atoms with E-state index < -0.39 is 36.1 Å². The molecule has 1 aromatic carbocycles. The lowest BCUT2D eigenvalue weighted by Gasteiger charge is -2.21. The van der Waals surface area contributed by atoms with E-state index in [0.29, 0.717) is 0 Å². The van der Waals surface area contributed by atoms with Crippen molar-refractivity contribution in [3.05, 3.63) is 29.3 Å². The monoisotopic (exact) mass is 311 g/mol. The second-order valence-electron chi connectivity index (χ2n) is 4.04. The quantitative estimate of drug-likeness (QED) is 0.719. The van der Waals surface area contributed by atoms with Crippen molar-refractivity contribution in [2.75, 3.05) is 11.9 Å². The number of carbonyl (C=O) groups is 2. The Morgan fingerprint density at radius 3 is 2.05 bits per heavy atom. The Balaban J connectivity index is 3.09. The van der Waals surface area contributed by atoms with Gasteiger partial charge in [-0.15, -0.1) is 0 Å². The average molecular weight is 311 g/mol. The van der Waals surface area contributed by atoms with Crippen molar-refractivity contribution in [2.45, 2.75) is 12.1 Å². The third-order valence-corrected chi connectivity index (χ3v) is 2.49. The van der Waals surface area contributed by atoms with E-state index in [9.17, 15) is 31.5 Å². The topological polar surface area (TPSA) is 98.2 Å². The van der Waals surface area contributed by atoms with Crippen molar-refractivity contribution in [3.63, 3.8) is 0 Å². The Morgan fingerprint density at radius 2 is 1.62 bits per heavy atom. The number of hydrogen-bond donors (Lipinski definition) is 3. The van der Waals surface area contributed by atoms with Crippen LogP contribution in [0.25, 0.3) is 0 Å². The van der Waals surface area contributed by atoms with Crippen molar-refractivity contribution in [2.24, 2.45) is 11.5 Å². The molecule has 5 N–H and O–H groups in total. The molecule has 0 bridgehead atoms. The van der Waals surface area contributed by atoms with E-state index in [2.05, 4.69) is 0 Å². The summed E-state index contributed by atoms with van der Waals surface area (Å²) >= 11 is 0. The van der Waals surface area contributed by atoms with Crippen LogP contribution < -0.4 is 16.8 Å². The molecular formula is C11H10F5N3O2. The molecule has 0 atom stereocenters. The van der Waals surface area contributed by atoms with Gasteiger partial charge in [-0.3, -0.25) is 9.59 Å². The summed E-state index contributed by atoms with van der Waals surface area (Å²) in [6.07, 6.45) is -5.76. The summed E-state index contributed by atoms with van der Waals surface area (Å²) in [5.41, 5.74) is 8.94. The van der Waals surface area contributed by atoms with Crippen LogP contribution in [0.4, 0.5) is 27.6 Å². The molecule has 1 rings (SSSR count). The van der Waals surface area contributed by atoms with Crippen LogP contribution in [0.1, 0.15) is 20.7 Å². The highest BCUT2D eigenvalue weighted by Crippen LogP contribution is 2.35. The first-order valence-corrected chi connectivity index (χ1v) is 5.38. The number of amides is 2. The fourth-order valence-corrected chi connectivity index (χ4v) is 1.37. The molecule has 0 unspecified atom stereocenters. The molecule has 0 heterocycles. The predicted molar refractivity (Wildman–Crippen MR) is 63.0 cm³/mol. The lowest BCUT2D eigenvalue weighted by atomic mass is 10.1. The third kappa shape index (κ3) is 3.80. The molecule has 0 aliphatic heterocycles. The van der Waals surface area contributed by atoms with E-state index in [1.54, 1.807) is 5.32 Å². The molecule has 0 aliphatic rings. The highest BCUT2D eigenvalue weighted by molar-refractivity contribution is 6.01. The molecule has 1 aromatic rings. The summed E-state index contributed by atoms with van der Waals surface area (Å²) in [4.78, 5) is 22.0. The molecule has 0 saturated heterocycles. The first-order chi connectivity index (χ1) is 9.45. The minimum Gasteiger partial charge on any atom is -0.378 e. The predicted octanol–water partition coefficient (Wildman–Crippen LogP) is 1.49. The number of anilines is 1. The van der Waals surface area contributed by atoms with Gasteiger partial charge in [0.25, 0.3) is 5.91 Å². The maximum absolute atomic E-state index is 12.8. The molecule has 0 aromatic heterocycles. The number of primary amides is 2. The van der Waals surface area contributed by atoms with Gasteiger partial charge in [0.15, 0.2) is 0 Å². The molecule has 0 aliphatic carbocycles. The van der Waals surface area contributed by atoms with Gasteiger partial charge >= 0.3 is 12.1 Å². The number of carbonyl (C=O) groups excluding carboxylic acids is 2. The summed E-state index contributed by atoms with van der Waals surface area (Å²) < 4.78 is 61.8. The molecule has 0 saturated carbocycles. The summed E-state index contributed by atoms with van der Waals surface area (Å²) in [5, 5.41) is 1.76. The highest BCUT2D eigenvalue weighted by atomic mass is 19.4. The zero-order valence-corrected chi connectivity index (χ0v) is 10.3. The Bertz CT molecular complexity index is 571. The number of nitrogens with two attached hydrogens (primary N) is 2. The largest absolute Gasteiger partial charge is 0.455 e. The number of nitrogens with one attached hydrogen (secondary N) is 1. The zero-order chi connectivity index (χ0) is 16.4. The van der Waals surface area contributed by atoms with Crippen molar-refractivity contribution >= 4 is 17.5 Å². The molecule has 0 spiro atoms. The Hall–Kier alpha value is -2.39. The number of halogens is 5. The van der Waals surface area contributed by atoms with Crippen LogP contribution in [0.2, 0.25) is 0 Å². The van der Waals surface area contributed by atoms with Crippen molar-refractivity contribution in [1.82, 2.24) is 0 Å². The number of rotatable bonds is 5. The van der Waals surface area contributed by atoms with Crippen LogP contribution in [0, 0.1) is 0 Å². The van der Waals surface area contributed by atoms with Crippen LogP contribution in [0.3, 0.4) is 0 Å². The Morgan fingerprint density at radius 1 is 1.05 bits per heavy atom. The van der Waals surface area contributed by atoms with Crippen LogP contribution in [-0.2, 0) is 0 Å². The summed E-state index contributed by atoms with van der Waals surface area (Å²) in [5.74, 6) is -7.04. The summed E-state index contributed by atoms with van der Waals surface area (Å²) in [6, 6.07) is 2.96. The van der Waals surface area contributed by atoms with Gasteiger partial charge in [-0.05, 0) is 18.2 Å². The Kier molecular flexibility index (Phi) is 4.40. The van der Waals surface area contributed by atoms with Gasteiger partial charge in [-0.25, -0.2) is 0 Å². The first-order valence-electron chi connectivity index (χ1n) is 5.38. The third-order valence-electron chi connectivity index (χ3n) is 2.49. The van der Waals surface area contributed by atoms with E-state index in [1.807, 2.05) is 0 Å². The standard InChI is InChI=1S/C11H10F5N3O2/c12-10(13,11(14,15)16)4-19-7-3-5(8(17)20)1-2-6(7)9(18)21/h1-3,19H,4H2,(H2,17,20)(H2,18,21). The lowest BCUT2D eigenvalue weighted by molar-refractivity contribution is -0.275. The minimum absolute atomic E-state index is 0.183. The van der Waals surface area contributed by atoms with E-state index in [1.165, 1.54) is 0 Å². The SMILES string of the molecule is NC(=O)c1ccc(C(N)=O)c(NCC(F)(F)C(F)(F)F)c1. The van der Waals surface area contributed by atoms with Gasteiger partial charge in [0, 0.05) is 11.3 Å². The van der Waals surface area contributed by atoms with Crippen molar-refractivity contribution in [3.8, 4) is 0 Å². The molecule has 5 nitrogen and oxygen atoms in total. The van der Waals surface area contributed by atoms with Crippen LogP contribution in [-0.4, -0.2) is 30.5 Å². The maximum atomic E-state index is 12.8. The van der Waals surface area contributed by atoms with E-state index in [0.717, 1.165) is 18.2 Å². The molecule has 0 radical (unpaired) electrons. The average Bonchev–Trinajstić information content (AvgIpc) is 2.34. The van der Waals surface area contributed by atoms with Crippen molar-refractivity contribution in [1.29, 1.82) is 0 Å². The van der Waals surface area contributed by atoms with Gasteiger partial charge in [-0.2, -0.15) is 22.0 Å². The smallest absolute Gasteiger partial charge is 0.378 e. The minimum atomic E-state index is -5.76. The normalized spacial score (nSPS) is 12.0. The van der Waals surface area contributed by atoms with Gasteiger partial charge in [-0.1, -0.05) is 0 Å². The fraction of sp³-hybridized carbons (Fsp3) is 0.273. The molecule has 2 amide bonds. The number of benzene rings is 1. The van der Waals surface area contributed by atoms with Gasteiger partial charge in [0.1, 0.15) is 0 Å². The van der Waals surface area contributed by atoms with Crippen LogP contribution >= 0.6 is 0 Å². The van der Waals surface area contributed by atoms with Gasteiger partial charge < -0.3 is 16.8 Å². The molecule has 21 heavy (non-hydrogen) atoms.